The Hall–Kier alpha value is -2.61. The van der Waals surface area contributed by atoms with E-state index >= 15 is 0 Å². The van der Waals surface area contributed by atoms with Crippen LogP contribution >= 0.6 is 11.3 Å². The molecule has 3 rings (SSSR count). The molecule has 0 aliphatic carbocycles. The van der Waals surface area contributed by atoms with Gasteiger partial charge in [0.15, 0.2) is 16.8 Å². The van der Waals surface area contributed by atoms with Crippen molar-refractivity contribution in [2.45, 2.75) is 19.8 Å². The van der Waals surface area contributed by atoms with Gasteiger partial charge >= 0.3 is 0 Å². The normalized spacial score (nSPS) is 10.8. The average Bonchev–Trinajstić information content (AvgIpc) is 3.02. The Morgan fingerprint density at radius 1 is 1.32 bits per heavy atom. The Kier molecular flexibility index (Phi) is 5.18. The zero-order valence-electron chi connectivity index (χ0n) is 14.6. The van der Waals surface area contributed by atoms with Gasteiger partial charge in [0.25, 0.3) is 0 Å². The number of ether oxygens (including phenoxy) is 1. The molecular weight excluding hydrogens is 336 g/mol. The van der Waals surface area contributed by atoms with E-state index in [1.165, 1.54) is 17.7 Å². The van der Waals surface area contributed by atoms with E-state index in [-0.39, 0.29) is 0 Å². The number of thiazole rings is 1. The number of hydrogen-bond acceptors (Lipinski definition) is 8. The molecule has 0 saturated heterocycles. The van der Waals surface area contributed by atoms with Crippen LogP contribution in [0, 0.1) is 0 Å². The highest BCUT2D eigenvalue weighted by Crippen LogP contribution is 2.33. The topological polar surface area (TPSA) is 89.2 Å². The van der Waals surface area contributed by atoms with E-state index in [9.17, 15) is 0 Å². The number of rotatable bonds is 7. The van der Waals surface area contributed by atoms with Gasteiger partial charge < -0.3 is 20.7 Å². The number of anilines is 4. The second-order valence-corrected chi connectivity index (χ2v) is 6.74. The Morgan fingerprint density at radius 3 is 2.92 bits per heavy atom. The number of nitrogens with zero attached hydrogens (tertiary/aromatic N) is 4. The molecule has 2 aromatic heterocycles. The fraction of sp³-hybridized carbons (Fsp3) is 0.353. The molecule has 3 aromatic rings. The van der Waals surface area contributed by atoms with Crippen molar-refractivity contribution in [1.29, 1.82) is 0 Å². The van der Waals surface area contributed by atoms with Gasteiger partial charge in [-0.25, -0.2) is 15.0 Å². The molecule has 0 bridgehead atoms. The fourth-order valence-electron chi connectivity index (χ4n) is 2.48. The maximum atomic E-state index is 6.27. The third-order valence-electron chi connectivity index (χ3n) is 3.89. The Balaban J connectivity index is 1.85. The first-order valence-electron chi connectivity index (χ1n) is 8.15. The minimum atomic E-state index is 0.526. The molecule has 7 nitrogen and oxygen atoms in total. The molecule has 0 atom stereocenters. The average molecular weight is 358 g/mol. The van der Waals surface area contributed by atoms with E-state index in [2.05, 4.69) is 32.1 Å². The predicted octanol–water partition coefficient (Wildman–Crippen LogP) is 3.66. The molecule has 0 amide bonds. The first-order valence-corrected chi connectivity index (χ1v) is 8.97. The summed E-state index contributed by atoms with van der Waals surface area (Å²) in [6, 6.07) is 5.79. The van der Waals surface area contributed by atoms with Gasteiger partial charge in [0.1, 0.15) is 17.8 Å². The molecule has 1 aromatic carbocycles. The van der Waals surface area contributed by atoms with E-state index < -0.39 is 0 Å². The first kappa shape index (κ1) is 17.2. The number of nitrogens with two attached hydrogens (primary N) is 1. The van der Waals surface area contributed by atoms with Crippen LogP contribution in [0.5, 0.6) is 5.75 Å². The van der Waals surface area contributed by atoms with Crippen LogP contribution < -0.4 is 20.7 Å². The lowest BCUT2D eigenvalue weighted by Crippen LogP contribution is -2.21. The van der Waals surface area contributed by atoms with Gasteiger partial charge in [-0.1, -0.05) is 24.7 Å². The smallest absolute Gasteiger partial charge is 0.189 e. The Bertz CT molecular complexity index is 865. The molecule has 0 fully saturated rings. The SMILES string of the molecule is CCCCN(C)c1ncnc(Nc2nc3ccc(OC)cc3s2)c1N. The van der Waals surface area contributed by atoms with Crippen molar-refractivity contribution in [3.8, 4) is 5.75 Å². The molecule has 132 valence electrons. The van der Waals surface area contributed by atoms with Crippen LogP contribution in [-0.2, 0) is 0 Å². The number of methoxy groups -OCH3 is 1. The van der Waals surface area contributed by atoms with Crippen molar-refractivity contribution in [3.05, 3.63) is 24.5 Å². The van der Waals surface area contributed by atoms with Crippen molar-refractivity contribution >= 4 is 44.0 Å². The second kappa shape index (κ2) is 7.52. The standard InChI is InChI=1S/C17H22N6OS/c1-4-5-8-23(2)16-14(18)15(19-10-20-16)22-17-21-12-7-6-11(24-3)9-13(12)25-17/h6-7,9-10H,4-5,8,18H2,1-3H3,(H,19,20,21,22). The summed E-state index contributed by atoms with van der Waals surface area (Å²) in [6.07, 6.45) is 3.73. The molecule has 25 heavy (non-hydrogen) atoms. The molecule has 0 saturated carbocycles. The van der Waals surface area contributed by atoms with Crippen LogP contribution in [0.1, 0.15) is 19.8 Å². The molecule has 0 spiro atoms. The van der Waals surface area contributed by atoms with E-state index in [1.807, 2.05) is 25.2 Å². The highest BCUT2D eigenvalue weighted by atomic mass is 32.1. The molecule has 0 aliphatic heterocycles. The Labute approximate surface area is 150 Å². The minimum Gasteiger partial charge on any atom is -0.497 e. The highest BCUT2D eigenvalue weighted by molar-refractivity contribution is 7.22. The lowest BCUT2D eigenvalue weighted by molar-refractivity contribution is 0.415. The summed E-state index contributed by atoms with van der Waals surface area (Å²) in [7, 11) is 3.64. The lowest BCUT2D eigenvalue weighted by atomic mass is 10.3. The van der Waals surface area contributed by atoms with Crippen molar-refractivity contribution in [2.24, 2.45) is 0 Å². The van der Waals surface area contributed by atoms with Gasteiger partial charge in [0, 0.05) is 13.6 Å². The second-order valence-electron chi connectivity index (χ2n) is 5.71. The summed E-state index contributed by atoms with van der Waals surface area (Å²) in [5.41, 5.74) is 7.70. The summed E-state index contributed by atoms with van der Waals surface area (Å²) in [4.78, 5) is 15.2. The summed E-state index contributed by atoms with van der Waals surface area (Å²) in [5.74, 6) is 2.11. The van der Waals surface area contributed by atoms with Crippen molar-refractivity contribution in [3.63, 3.8) is 0 Å². The summed E-state index contributed by atoms with van der Waals surface area (Å²) < 4.78 is 6.29. The Morgan fingerprint density at radius 2 is 2.16 bits per heavy atom. The molecule has 0 aliphatic rings. The van der Waals surface area contributed by atoms with Crippen LogP contribution in [0.2, 0.25) is 0 Å². The van der Waals surface area contributed by atoms with Gasteiger partial charge in [-0.2, -0.15) is 0 Å². The van der Waals surface area contributed by atoms with E-state index in [4.69, 9.17) is 10.5 Å². The summed E-state index contributed by atoms with van der Waals surface area (Å²) in [6.45, 7) is 3.06. The number of nitrogen functional groups attached to an aromatic ring is 1. The minimum absolute atomic E-state index is 0.526. The van der Waals surface area contributed by atoms with Gasteiger partial charge in [-0.05, 0) is 24.6 Å². The monoisotopic (exact) mass is 358 g/mol. The largest absolute Gasteiger partial charge is 0.497 e. The van der Waals surface area contributed by atoms with Crippen LogP contribution in [0.4, 0.5) is 22.5 Å². The van der Waals surface area contributed by atoms with E-state index in [1.54, 1.807) is 7.11 Å². The van der Waals surface area contributed by atoms with Crippen LogP contribution in [0.15, 0.2) is 24.5 Å². The number of unbranched alkanes of at least 4 members (excludes halogenated alkanes) is 1. The van der Waals surface area contributed by atoms with Gasteiger partial charge in [-0.3, -0.25) is 0 Å². The first-order chi connectivity index (χ1) is 12.1. The predicted molar refractivity (Wildman–Crippen MR) is 104 cm³/mol. The number of hydrogen-bond donors (Lipinski definition) is 2. The fourth-order valence-corrected chi connectivity index (χ4v) is 3.37. The highest BCUT2D eigenvalue weighted by Gasteiger charge is 2.14. The van der Waals surface area contributed by atoms with Crippen molar-refractivity contribution in [1.82, 2.24) is 15.0 Å². The number of nitrogens with one attached hydrogen (secondary N) is 1. The lowest BCUT2D eigenvalue weighted by Gasteiger charge is -2.20. The third-order valence-corrected chi connectivity index (χ3v) is 4.83. The van der Waals surface area contributed by atoms with Crippen LogP contribution in [0.25, 0.3) is 10.2 Å². The number of benzene rings is 1. The zero-order valence-corrected chi connectivity index (χ0v) is 15.4. The number of aromatic nitrogens is 3. The molecule has 8 heteroatoms. The van der Waals surface area contributed by atoms with Gasteiger partial charge in [0.2, 0.25) is 0 Å². The quantitative estimate of drug-likeness (QED) is 0.666. The molecular formula is C17H22N6OS. The number of fused-ring (bicyclic) bond motifs is 1. The maximum Gasteiger partial charge on any atom is 0.189 e. The summed E-state index contributed by atoms with van der Waals surface area (Å²) >= 11 is 1.53. The zero-order chi connectivity index (χ0) is 17.8. The summed E-state index contributed by atoms with van der Waals surface area (Å²) in [5, 5.41) is 3.95. The van der Waals surface area contributed by atoms with E-state index in [0.717, 1.165) is 46.3 Å². The van der Waals surface area contributed by atoms with Gasteiger partial charge in [-0.15, -0.1) is 0 Å². The van der Waals surface area contributed by atoms with Crippen LogP contribution in [0.3, 0.4) is 0 Å². The molecule has 3 N–H and O–H groups in total. The van der Waals surface area contributed by atoms with E-state index in [0.29, 0.717) is 11.5 Å². The maximum absolute atomic E-state index is 6.27. The molecule has 0 radical (unpaired) electrons. The van der Waals surface area contributed by atoms with Crippen LogP contribution in [-0.4, -0.2) is 35.7 Å². The van der Waals surface area contributed by atoms with Gasteiger partial charge in [0.05, 0.1) is 17.3 Å². The molecule has 2 heterocycles. The van der Waals surface area contributed by atoms with Crippen molar-refractivity contribution in [2.75, 3.05) is 36.7 Å². The third kappa shape index (κ3) is 3.74. The van der Waals surface area contributed by atoms with Crippen molar-refractivity contribution < 1.29 is 4.74 Å². The molecule has 0 unspecified atom stereocenters.